The van der Waals surface area contributed by atoms with Crippen LogP contribution in [-0.2, 0) is 0 Å². The number of imidazole rings is 1. The van der Waals surface area contributed by atoms with Crippen molar-refractivity contribution in [2.24, 2.45) is 0 Å². The lowest BCUT2D eigenvalue weighted by Gasteiger charge is -2.09. The fraction of sp³-hybridized carbons (Fsp3) is 0.400. The summed E-state index contributed by atoms with van der Waals surface area (Å²) in [6, 6.07) is 10.5. The van der Waals surface area contributed by atoms with Crippen LogP contribution in [0.15, 0.2) is 36.5 Å². The minimum absolute atomic E-state index is 0.639. The van der Waals surface area contributed by atoms with E-state index in [0.717, 1.165) is 23.9 Å². The largest absolute Gasteiger partial charge is 0.492 e. The molecule has 19 heavy (non-hydrogen) atoms. The number of nitrogens with zero attached hydrogens (tertiary/aromatic N) is 2. The van der Waals surface area contributed by atoms with Crippen LogP contribution in [0.1, 0.15) is 24.6 Å². The molecule has 0 spiro atoms. The second-order valence-corrected chi connectivity index (χ2v) is 4.93. The molecule has 0 atom stereocenters. The maximum atomic E-state index is 5.65. The second kappa shape index (κ2) is 5.34. The molecule has 4 nitrogen and oxygen atoms in total. The van der Waals surface area contributed by atoms with Gasteiger partial charge in [-0.1, -0.05) is 18.2 Å². The summed E-state index contributed by atoms with van der Waals surface area (Å²) in [4.78, 5) is 4.51. The number of aryl methyl sites for hydroxylation is 1. The Kier molecular flexibility index (Phi) is 3.40. The average Bonchev–Trinajstić information content (AvgIpc) is 3.20. The summed E-state index contributed by atoms with van der Waals surface area (Å²) in [5.41, 5.74) is 1.07. The summed E-state index contributed by atoms with van der Waals surface area (Å²) in [6.07, 6.45) is 4.66. The van der Waals surface area contributed by atoms with Crippen LogP contribution in [0, 0.1) is 6.92 Å². The molecule has 100 valence electrons. The monoisotopic (exact) mass is 257 g/mol. The first-order valence-electron chi connectivity index (χ1n) is 6.80. The minimum atomic E-state index is 0.639. The SMILES string of the molecule is Cc1cn(C2CC2)c(NCCOc2ccccc2)n1. The van der Waals surface area contributed by atoms with Gasteiger partial charge in [-0.25, -0.2) is 4.98 Å². The number of aromatic nitrogens is 2. The lowest BCUT2D eigenvalue weighted by Crippen LogP contribution is -2.14. The molecule has 1 aliphatic carbocycles. The molecule has 1 saturated carbocycles. The quantitative estimate of drug-likeness (QED) is 0.808. The van der Waals surface area contributed by atoms with Crippen LogP contribution < -0.4 is 10.1 Å². The summed E-state index contributed by atoms with van der Waals surface area (Å²) in [5, 5.41) is 3.35. The second-order valence-electron chi connectivity index (χ2n) is 4.93. The summed E-state index contributed by atoms with van der Waals surface area (Å²) < 4.78 is 7.90. The zero-order valence-corrected chi connectivity index (χ0v) is 11.2. The fourth-order valence-electron chi connectivity index (χ4n) is 2.13. The van der Waals surface area contributed by atoms with Crippen molar-refractivity contribution in [1.82, 2.24) is 9.55 Å². The molecule has 1 heterocycles. The van der Waals surface area contributed by atoms with Crippen LogP contribution >= 0.6 is 0 Å². The molecule has 1 aliphatic rings. The smallest absolute Gasteiger partial charge is 0.203 e. The maximum Gasteiger partial charge on any atom is 0.203 e. The van der Waals surface area contributed by atoms with Crippen molar-refractivity contribution in [3.05, 3.63) is 42.2 Å². The first-order chi connectivity index (χ1) is 9.33. The lowest BCUT2D eigenvalue weighted by atomic mass is 10.3. The van der Waals surface area contributed by atoms with Gasteiger partial charge in [-0.05, 0) is 31.9 Å². The topological polar surface area (TPSA) is 39.1 Å². The average molecular weight is 257 g/mol. The molecule has 1 fully saturated rings. The molecule has 0 aliphatic heterocycles. The highest BCUT2D eigenvalue weighted by atomic mass is 16.5. The highest BCUT2D eigenvalue weighted by Crippen LogP contribution is 2.37. The van der Waals surface area contributed by atoms with E-state index in [1.165, 1.54) is 12.8 Å². The molecule has 0 unspecified atom stereocenters. The third kappa shape index (κ3) is 3.08. The van der Waals surface area contributed by atoms with Gasteiger partial charge in [0, 0.05) is 12.2 Å². The zero-order valence-electron chi connectivity index (χ0n) is 11.2. The number of para-hydroxylation sites is 1. The molecular formula is C15H19N3O. The van der Waals surface area contributed by atoms with Crippen molar-refractivity contribution in [1.29, 1.82) is 0 Å². The molecular weight excluding hydrogens is 238 g/mol. The van der Waals surface area contributed by atoms with Crippen molar-refractivity contribution in [2.75, 3.05) is 18.5 Å². The van der Waals surface area contributed by atoms with Crippen LogP contribution in [-0.4, -0.2) is 22.7 Å². The molecule has 4 heteroatoms. The molecule has 0 radical (unpaired) electrons. The first kappa shape index (κ1) is 12.1. The molecule has 0 bridgehead atoms. The van der Waals surface area contributed by atoms with Gasteiger partial charge in [-0.3, -0.25) is 0 Å². The fourth-order valence-corrected chi connectivity index (χ4v) is 2.13. The molecule has 1 N–H and O–H groups in total. The van der Waals surface area contributed by atoms with Crippen molar-refractivity contribution in [2.45, 2.75) is 25.8 Å². The molecule has 2 aromatic rings. The van der Waals surface area contributed by atoms with E-state index >= 15 is 0 Å². The lowest BCUT2D eigenvalue weighted by molar-refractivity contribution is 0.332. The predicted octanol–water partition coefficient (Wildman–Crippen LogP) is 3.02. The van der Waals surface area contributed by atoms with Crippen molar-refractivity contribution in [3.63, 3.8) is 0 Å². The standard InChI is InChI=1S/C15H19N3O/c1-12-11-18(13-7-8-13)15(17-12)16-9-10-19-14-5-3-2-4-6-14/h2-6,11,13H,7-10H2,1H3,(H,16,17). The van der Waals surface area contributed by atoms with E-state index in [1.807, 2.05) is 37.3 Å². The summed E-state index contributed by atoms with van der Waals surface area (Å²) in [6.45, 7) is 3.43. The molecule has 1 aromatic heterocycles. The van der Waals surface area contributed by atoms with E-state index in [4.69, 9.17) is 4.74 Å². The maximum absolute atomic E-state index is 5.65. The van der Waals surface area contributed by atoms with Gasteiger partial charge in [0.2, 0.25) is 5.95 Å². The van der Waals surface area contributed by atoms with Gasteiger partial charge in [-0.15, -0.1) is 0 Å². The number of hydrogen-bond acceptors (Lipinski definition) is 3. The number of rotatable bonds is 6. The van der Waals surface area contributed by atoms with Gasteiger partial charge in [0.05, 0.1) is 12.2 Å². The van der Waals surface area contributed by atoms with Crippen LogP contribution in [0.4, 0.5) is 5.95 Å². The summed E-state index contributed by atoms with van der Waals surface area (Å²) in [5.74, 6) is 1.88. The van der Waals surface area contributed by atoms with Crippen LogP contribution in [0.2, 0.25) is 0 Å². The highest BCUT2D eigenvalue weighted by Gasteiger charge is 2.25. The Morgan fingerprint density at radius 1 is 1.32 bits per heavy atom. The highest BCUT2D eigenvalue weighted by molar-refractivity contribution is 5.30. The van der Waals surface area contributed by atoms with Crippen molar-refractivity contribution in [3.8, 4) is 5.75 Å². The first-order valence-corrected chi connectivity index (χ1v) is 6.80. The Balaban J connectivity index is 1.50. The number of benzene rings is 1. The Bertz CT molecular complexity index is 532. The van der Waals surface area contributed by atoms with Crippen LogP contribution in [0.3, 0.4) is 0 Å². The minimum Gasteiger partial charge on any atom is -0.492 e. The van der Waals surface area contributed by atoms with Crippen molar-refractivity contribution >= 4 is 5.95 Å². The van der Waals surface area contributed by atoms with Gasteiger partial charge >= 0.3 is 0 Å². The number of anilines is 1. The molecule has 3 rings (SSSR count). The molecule has 0 saturated heterocycles. The zero-order chi connectivity index (χ0) is 13.1. The third-order valence-electron chi connectivity index (χ3n) is 3.19. The van der Waals surface area contributed by atoms with E-state index in [1.54, 1.807) is 0 Å². The van der Waals surface area contributed by atoms with E-state index in [9.17, 15) is 0 Å². The third-order valence-corrected chi connectivity index (χ3v) is 3.19. The van der Waals surface area contributed by atoms with Crippen molar-refractivity contribution < 1.29 is 4.74 Å². The number of hydrogen-bond donors (Lipinski definition) is 1. The van der Waals surface area contributed by atoms with E-state index in [0.29, 0.717) is 12.6 Å². The Hall–Kier alpha value is -1.97. The van der Waals surface area contributed by atoms with E-state index < -0.39 is 0 Å². The van der Waals surface area contributed by atoms with Gasteiger partial charge in [-0.2, -0.15) is 0 Å². The van der Waals surface area contributed by atoms with Gasteiger partial charge in [0.1, 0.15) is 12.4 Å². The Morgan fingerprint density at radius 2 is 2.11 bits per heavy atom. The van der Waals surface area contributed by atoms with E-state index in [-0.39, 0.29) is 0 Å². The van der Waals surface area contributed by atoms with Gasteiger partial charge in [0.25, 0.3) is 0 Å². The Labute approximate surface area is 113 Å². The van der Waals surface area contributed by atoms with Crippen LogP contribution in [0.5, 0.6) is 5.75 Å². The summed E-state index contributed by atoms with van der Waals surface area (Å²) >= 11 is 0. The van der Waals surface area contributed by atoms with E-state index in [2.05, 4.69) is 21.1 Å². The normalized spacial score (nSPS) is 14.4. The number of nitrogens with one attached hydrogen (secondary N) is 1. The Morgan fingerprint density at radius 3 is 2.84 bits per heavy atom. The predicted molar refractivity (Wildman–Crippen MR) is 75.7 cm³/mol. The molecule has 0 amide bonds. The van der Waals surface area contributed by atoms with Crippen LogP contribution in [0.25, 0.3) is 0 Å². The van der Waals surface area contributed by atoms with Gasteiger partial charge < -0.3 is 14.6 Å². The van der Waals surface area contributed by atoms with Gasteiger partial charge in [0.15, 0.2) is 0 Å². The molecule has 1 aromatic carbocycles. The summed E-state index contributed by atoms with van der Waals surface area (Å²) in [7, 11) is 0. The number of ether oxygens (including phenoxy) is 1.